The number of hydrogen-bond donors (Lipinski definition) is 2. The maximum atomic E-state index is 14.8. The molecule has 1 aromatic heterocycles. The van der Waals surface area contributed by atoms with E-state index in [9.17, 15) is 23.9 Å². The summed E-state index contributed by atoms with van der Waals surface area (Å²) >= 11 is 1.42. The van der Waals surface area contributed by atoms with Crippen molar-refractivity contribution in [2.24, 2.45) is 10.9 Å². The third-order valence-electron chi connectivity index (χ3n) is 9.57. The monoisotopic (exact) mass is 672 g/mol. The first kappa shape index (κ1) is 33.9. The molecule has 2 aromatic rings. The molecule has 11 nitrogen and oxygen atoms in total. The topological polar surface area (TPSA) is 128 Å². The van der Waals surface area contributed by atoms with Gasteiger partial charge in [-0.2, -0.15) is 13.5 Å². The number of fused-ring (bicyclic) bond motifs is 1. The van der Waals surface area contributed by atoms with Crippen molar-refractivity contribution in [2.45, 2.75) is 64.1 Å². The summed E-state index contributed by atoms with van der Waals surface area (Å²) in [4.78, 5) is 54.1. The Morgan fingerprint density at radius 3 is 2.63 bits per heavy atom. The number of aliphatic carboxylic acids is 1. The van der Waals surface area contributed by atoms with Crippen LogP contribution in [0.25, 0.3) is 0 Å². The molecule has 46 heavy (non-hydrogen) atoms. The average Bonchev–Trinajstić information content (AvgIpc) is 3.64. The van der Waals surface area contributed by atoms with Crippen molar-refractivity contribution < 1.29 is 28.6 Å². The number of halogens is 1. The van der Waals surface area contributed by atoms with Crippen LogP contribution >= 0.6 is 24.8 Å². The Balaban J connectivity index is 0.00000417. The molecule has 248 valence electrons. The van der Waals surface area contributed by atoms with E-state index in [-0.39, 0.29) is 43.9 Å². The van der Waals surface area contributed by atoms with Crippen LogP contribution in [-0.2, 0) is 14.3 Å². The van der Waals surface area contributed by atoms with Crippen LogP contribution in [0.5, 0.6) is 0 Å². The number of hydrogen-bond acceptors (Lipinski definition) is 9. The van der Waals surface area contributed by atoms with Gasteiger partial charge >= 0.3 is 18.0 Å². The van der Waals surface area contributed by atoms with Gasteiger partial charge < -0.3 is 25.0 Å². The van der Waals surface area contributed by atoms with Crippen LogP contribution in [-0.4, -0.2) is 99.5 Å². The Morgan fingerprint density at radius 2 is 1.96 bits per heavy atom. The summed E-state index contributed by atoms with van der Waals surface area (Å²) in [5.74, 6) is -1.48. The number of amides is 2. The van der Waals surface area contributed by atoms with Crippen LogP contribution in [0.4, 0.5) is 9.18 Å². The Hall–Kier alpha value is -3.49. The van der Waals surface area contributed by atoms with Gasteiger partial charge in [-0.05, 0) is 63.6 Å². The smallest absolute Gasteiger partial charge is 0.338 e. The average molecular weight is 673 g/mol. The largest absolute Gasteiger partial charge is 0.481 e. The minimum absolute atomic E-state index is 0. The molecule has 0 spiro atoms. The van der Waals surface area contributed by atoms with E-state index >= 15 is 0 Å². The van der Waals surface area contributed by atoms with Crippen LogP contribution in [0.2, 0.25) is 0 Å². The van der Waals surface area contributed by atoms with Gasteiger partial charge in [0.2, 0.25) is 0 Å². The number of carboxylic acid groups (broad SMARTS) is 1. The Bertz CT molecular complexity index is 1540. The molecule has 2 saturated heterocycles. The van der Waals surface area contributed by atoms with E-state index < -0.39 is 23.5 Å². The van der Waals surface area contributed by atoms with Gasteiger partial charge in [0.1, 0.15) is 11.9 Å². The first-order chi connectivity index (χ1) is 21.6. The van der Waals surface area contributed by atoms with Gasteiger partial charge in [-0.3, -0.25) is 14.7 Å². The van der Waals surface area contributed by atoms with E-state index in [0.29, 0.717) is 91.6 Å². The number of nitrogens with zero attached hydrogens (tertiary/aromatic N) is 5. The van der Waals surface area contributed by atoms with E-state index in [1.807, 2.05) is 15.2 Å². The fraction of sp³-hybridized carbons (Fsp3) is 0.531. The fourth-order valence-corrected chi connectivity index (χ4v) is 7.84. The molecule has 0 unspecified atom stereocenters. The molecule has 6 rings (SSSR count). The highest BCUT2D eigenvalue weighted by molar-refractivity contribution is 7.59. The summed E-state index contributed by atoms with van der Waals surface area (Å²) in [6.45, 7) is 8.32. The predicted octanol–water partition coefficient (Wildman–Crippen LogP) is 4.07. The molecular weight excluding hydrogens is 632 g/mol. The summed E-state index contributed by atoms with van der Waals surface area (Å²) in [6, 6.07) is 4.06. The number of carbonyl (C=O) groups excluding carboxylic acids is 2. The molecule has 2 atom stereocenters. The van der Waals surface area contributed by atoms with Crippen molar-refractivity contribution in [1.82, 2.24) is 25.0 Å². The van der Waals surface area contributed by atoms with Crippen LogP contribution in [0.15, 0.2) is 46.0 Å². The zero-order valence-electron chi connectivity index (χ0n) is 26.3. The predicted molar refractivity (Wildman–Crippen MR) is 177 cm³/mol. The number of rotatable bonds is 8. The third-order valence-corrected chi connectivity index (χ3v) is 10.4. The van der Waals surface area contributed by atoms with Crippen molar-refractivity contribution in [1.29, 1.82) is 0 Å². The van der Waals surface area contributed by atoms with E-state index in [1.54, 1.807) is 32.2 Å². The second-order valence-corrected chi connectivity index (χ2v) is 13.4. The normalized spacial score (nSPS) is 26.7. The lowest BCUT2D eigenvalue weighted by atomic mass is 9.85. The molecule has 1 saturated carbocycles. The first-order valence-corrected chi connectivity index (χ1v) is 16.4. The minimum Gasteiger partial charge on any atom is -0.481 e. The summed E-state index contributed by atoms with van der Waals surface area (Å²) in [6.07, 6.45) is 4.23. The molecule has 3 aliphatic heterocycles. The summed E-state index contributed by atoms with van der Waals surface area (Å²) in [5, 5.41) is 15.3. The van der Waals surface area contributed by atoms with Crippen LogP contribution in [0, 0.1) is 18.7 Å². The number of ether oxygens (including phenoxy) is 1. The highest BCUT2D eigenvalue weighted by Crippen LogP contribution is 2.38. The van der Waals surface area contributed by atoms with Gasteiger partial charge in [0.15, 0.2) is 10.8 Å². The molecule has 1 aromatic carbocycles. The molecule has 1 aliphatic carbocycles. The highest BCUT2D eigenvalue weighted by atomic mass is 32.1. The molecule has 0 radical (unpaired) electrons. The van der Waals surface area contributed by atoms with E-state index in [1.165, 1.54) is 17.4 Å². The van der Waals surface area contributed by atoms with Gasteiger partial charge in [-0.15, -0.1) is 11.3 Å². The summed E-state index contributed by atoms with van der Waals surface area (Å²) in [5.41, 5.74) is 1.49. The quantitative estimate of drug-likeness (QED) is 0.402. The van der Waals surface area contributed by atoms with Crippen molar-refractivity contribution in [2.75, 3.05) is 39.3 Å². The number of aliphatic imine (C=N–C) groups is 1. The minimum atomic E-state index is -0.795. The number of benzene rings is 1. The fourth-order valence-electron chi connectivity index (χ4n) is 7.25. The maximum Gasteiger partial charge on any atom is 0.338 e. The van der Waals surface area contributed by atoms with Crippen LogP contribution < -0.4 is 5.32 Å². The van der Waals surface area contributed by atoms with Crippen molar-refractivity contribution in [3.63, 3.8) is 0 Å². The lowest BCUT2D eigenvalue weighted by Crippen LogP contribution is -2.60. The van der Waals surface area contributed by atoms with Crippen LogP contribution in [0.1, 0.15) is 61.7 Å². The highest BCUT2D eigenvalue weighted by Gasteiger charge is 2.51. The zero-order chi connectivity index (χ0) is 31.9. The molecule has 0 bridgehead atoms. The van der Waals surface area contributed by atoms with Gasteiger partial charge in [-0.1, -0.05) is 12.1 Å². The Morgan fingerprint density at radius 1 is 1.20 bits per heavy atom. The molecule has 4 aliphatic rings. The van der Waals surface area contributed by atoms with Gasteiger partial charge in [0, 0.05) is 56.0 Å². The maximum absolute atomic E-state index is 14.8. The SMILES string of the molecule is CCOC(=O)C1=C(CN2CCN3C(=O)N(C4CCC(C(=O)O)CC4)C[C@]3(C)C2)NC(c2nccs2)=N[C@H]1c1cccc(F)c1C.S. The molecule has 2 N–H and O–H groups in total. The molecular formula is C32H41FN6O5S2. The number of esters is 1. The zero-order valence-corrected chi connectivity index (χ0v) is 28.1. The van der Waals surface area contributed by atoms with Gasteiger partial charge in [0.25, 0.3) is 0 Å². The van der Waals surface area contributed by atoms with Crippen molar-refractivity contribution >= 4 is 48.6 Å². The van der Waals surface area contributed by atoms with Gasteiger partial charge in [-0.25, -0.2) is 19.0 Å². The molecule has 3 fully saturated rings. The number of carboxylic acids is 1. The third kappa shape index (κ3) is 6.39. The molecule has 2 amide bonds. The summed E-state index contributed by atoms with van der Waals surface area (Å²) < 4.78 is 20.3. The molecule has 14 heteroatoms. The number of carbonyl (C=O) groups is 3. The lowest BCUT2D eigenvalue weighted by Gasteiger charge is -2.44. The number of nitrogens with one attached hydrogen (secondary N) is 1. The Labute approximate surface area is 279 Å². The number of urea groups is 1. The number of aromatic nitrogens is 1. The number of piperazine rings is 1. The van der Waals surface area contributed by atoms with E-state index in [2.05, 4.69) is 22.1 Å². The first-order valence-electron chi connectivity index (χ1n) is 15.5. The summed E-state index contributed by atoms with van der Waals surface area (Å²) in [7, 11) is 0. The van der Waals surface area contributed by atoms with E-state index in [4.69, 9.17) is 9.73 Å². The number of amidine groups is 1. The van der Waals surface area contributed by atoms with Gasteiger partial charge in [0.05, 0.1) is 23.6 Å². The Kier molecular flexibility index (Phi) is 10.1. The second-order valence-electron chi connectivity index (χ2n) is 12.5. The molecule has 4 heterocycles. The number of thiazole rings is 1. The second kappa shape index (κ2) is 13.7. The lowest BCUT2D eigenvalue weighted by molar-refractivity contribution is -0.143. The van der Waals surface area contributed by atoms with Crippen molar-refractivity contribution in [3.8, 4) is 0 Å². The van der Waals surface area contributed by atoms with E-state index in [0.717, 1.165) is 0 Å². The van der Waals surface area contributed by atoms with Crippen LogP contribution in [0.3, 0.4) is 0 Å². The standard InChI is InChI=1S/C32H39FN6O5S.H2S/c1-4-44-30(42)25-24(35-27(28-34-12-15-45-28)36-26(25)22-6-5-7-23(33)19(22)2)16-37-13-14-39-31(43)38(18-32(39,3)17-37)21-10-8-20(9-11-21)29(40)41;/h5-7,12,15,20-21,26H,4,8-11,13-14,16-18H2,1-3H3,(H,35,36)(H,40,41);1H2/t20?,21?,26-,32-;/m0./s1. The van der Waals surface area contributed by atoms with Crippen molar-refractivity contribution in [3.05, 3.63) is 63.0 Å².